The van der Waals surface area contributed by atoms with Gasteiger partial charge in [-0.05, 0) is 77.0 Å². The smallest absolute Gasteiger partial charge is 0.462 e. The highest BCUT2D eigenvalue weighted by atomic mass is 31.2. The van der Waals surface area contributed by atoms with Crippen LogP contribution in [0.15, 0.2) is 134 Å². The van der Waals surface area contributed by atoms with E-state index in [1.807, 2.05) is 75.8 Å². The van der Waals surface area contributed by atoms with Gasteiger partial charge in [-0.1, -0.05) is 160 Å². The van der Waals surface area contributed by atoms with Crippen molar-refractivity contribution in [2.75, 3.05) is 47.5 Å². The lowest BCUT2D eigenvalue weighted by atomic mass is 10.2. The summed E-state index contributed by atoms with van der Waals surface area (Å²) in [4.78, 5) is 35.4. The van der Waals surface area contributed by atoms with Crippen molar-refractivity contribution in [3.05, 3.63) is 134 Å². The Kier molecular flexibility index (Phi) is 39.2. The van der Waals surface area contributed by atoms with E-state index in [1.54, 1.807) is 30.4 Å². The molecule has 0 radical (unpaired) electrons. The van der Waals surface area contributed by atoms with Crippen molar-refractivity contribution in [1.82, 2.24) is 0 Å². The zero-order chi connectivity index (χ0) is 47.4. The van der Waals surface area contributed by atoms with Gasteiger partial charge in [0.25, 0.3) is 0 Å². The number of quaternary nitrogens is 1. The van der Waals surface area contributed by atoms with E-state index in [2.05, 4.69) is 62.5 Å². The monoisotopic (exact) mass is 913 g/mol. The molecule has 0 aliphatic carbocycles. The van der Waals surface area contributed by atoms with Crippen molar-refractivity contribution in [2.45, 2.75) is 135 Å². The molecule has 0 fully saturated rings. The fourth-order valence-corrected chi connectivity index (χ4v) is 5.95. The van der Waals surface area contributed by atoms with Gasteiger partial charge in [-0.25, -0.2) is 4.57 Å². The molecule has 0 saturated carbocycles. The molecule has 360 valence electrons. The van der Waals surface area contributed by atoms with E-state index >= 15 is 0 Å². The first-order valence-corrected chi connectivity index (χ1v) is 24.6. The van der Waals surface area contributed by atoms with E-state index < -0.39 is 44.7 Å². The summed E-state index contributed by atoms with van der Waals surface area (Å²) in [5, 5.41) is 20.0. The molecular formula is C52H83NO10P+. The predicted molar refractivity (Wildman–Crippen MR) is 263 cm³/mol. The fourth-order valence-electron chi connectivity index (χ4n) is 5.20. The van der Waals surface area contributed by atoms with Crippen LogP contribution in [0.3, 0.4) is 0 Å². The van der Waals surface area contributed by atoms with Crippen LogP contribution in [0, 0.1) is 0 Å². The maximum atomic E-state index is 12.7. The van der Waals surface area contributed by atoms with E-state index in [1.165, 1.54) is 25.7 Å². The number of hydrogen-bond acceptors (Lipinski definition) is 9. The van der Waals surface area contributed by atoms with Gasteiger partial charge in [-0.3, -0.25) is 18.6 Å². The number of ether oxygens (including phenoxy) is 2. The number of hydrogen-bond donors (Lipinski definition) is 3. The van der Waals surface area contributed by atoms with Gasteiger partial charge in [0, 0.05) is 12.8 Å². The third-order valence-electron chi connectivity index (χ3n) is 8.85. The lowest BCUT2D eigenvalue weighted by Gasteiger charge is -2.24. The summed E-state index contributed by atoms with van der Waals surface area (Å²) in [7, 11) is 1.29. The number of phosphoric acid groups is 1. The van der Waals surface area contributed by atoms with E-state index in [0.29, 0.717) is 43.1 Å². The second-order valence-electron chi connectivity index (χ2n) is 16.1. The molecule has 0 amide bonds. The Hall–Kier alpha value is -3.93. The van der Waals surface area contributed by atoms with E-state index in [0.717, 1.165) is 32.1 Å². The number of unbranched alkanes of at least 4 members (excludes halogenated alkanes) is 4. The van der Waals surface area contributed by atoms with Crippen LogP contribution < -0.4 is 0 Å². The zero-order valence-electron chi connectivity index (χ0n) is 39.7. The second-order valence-corrected chi connectivity index (χ2v) is 17.5. The molecular weight excluding hydrogens is 830 g/mol. The number of aliphatic hydroxyl groups is 2. The van der Waals surface area contributed by atoms with E-state index in [9.17, 15) is 29.3 Å². The minimum Gasteiger partial charge on any atom is -0.462 e. The Balaban J connectivity index is 4.72. The number of carbonyl (C=O) groups is 2. The normalized spacial score (nSPS) is 15.7. The first-order chi connectivity index (χ1) is 30.8. The molecule has 0 saturated heterocycles. The van der Waals surface area contributed by atoms with Crippen LogP contribution in [0.1, 0.15) is 117 Å². The molecule has 64 heavy (non-hydrogen) atoms. The summed E-state index contributed by atoms with van der Waals surface area (Å²) in [5.41, 5.74) is 0. The van der Waals surface area contributed by atoms with Crippen LogP contribution in [0.2, 0.25) is 0 Å². The van der Waals surface area contributed by atoms with Crippen molar-refractivity contribution in [2.24, 2.45) is 0 Å². The number of rotatable bonds is 39. The van der Waals surface area contributed by atoms with Crippen LogP contribution >= 0.6 is 7.82 Å². The number of esters is 2. The number of phosphoric ester groups is 1. The molecule has 0 aromatic rings. The summed E-state index contributed by atoms with van der Waals surface area (Å²) >= 11 is 0. The van der Waals surface area contributed by atoms with Crippen molar-refractivity contribution in [3.8, 4) is 0 Å². The lowest BCUT2D eigenvalue weighted by molar-refractivity contribution is -0.870. The number of carbonyl (C=O) groups excluding carboxylic acids is 2. The highest BCUT2D eigenvalue weighted by molar-refractivity contribution is 7.47. The van der Waals surface area contributed by atoms with Crippen LogP contribution in [0.5, 0.6) is 0 Å². The Morgan fingerprint density at radius 2 is 1.17 bits per heavy atom. The number of nitrogens with zero attached hydrogens (tertiary/aromatic N) is 1. The quantitative estimate of drug-likeness (QED) is 0.0136. The van der Waals surface area contributed by atoms with Crippen molar-refractivity contribution < 1.29 is 52.3 Å². The standard InChI is InChI=1S/C52H82NO10P/c1-6-8-10-11-12-13-14-15-16-17-18-19-20-21-22-23-27-30-36-43-52(57)63-50(47-62-64(58,59)61-45-44-53(3,4)5)46-60-51(56)42-37-31-35-41-49(55)40-34-29-26-24-25-28-33-39-48(54)38-32-9-7-2/h9,12-13,15-16,18-19,21-22,25-30,32-35,39-41,48-50,54-55H,6-8,10-11,14,17,20,23-24,31,36-38,42-47H2,1-5H3/p+1/b13-12-,16-15-,19-18-,22-21-,28-25-,29-26-,30-27-,32-9-,39-33+,40-34+,41-35-/t48-,49-,50-/m1/s1. The van der Waals surface area contributed by atoms with Gasteiger partial charge >= 0.3 is 19.8 Å². The summed E-state index contributed by atoms with van der Waals surface area (Å²) in [6.07, 6.45) is 53.1. The Labute approximate surface area is 386 Å². The molecule has 0 heterocycles. The molecule has 4 atom stereocenters. The van der Waals surface area contributed by atoms with Crippen LogP contribution in [0.25, 0.3) is 0 Å². The van der Waals surface area contributed by atoms with Gasteiger partial charge < -0.3 is 29.1 Å². The number of aliphatic hydroxyl groups excluding tert-OH is 2. The van der Waals surface area contributed by atoms with Crippen LogP contribution in [0.4, 0.5) is 0 Å². The largest absolute Gasteiger partial charge is 0.472 e. The maximum Gasteiger partial charge on any atom is 0.472 e. The highest BCUT2D eigenvalue weighted by Crippen LogP contribution is 2.43. The minimum atomic E-state index is -4.46. The second kappa shape index (κ2) is 41.8. The predicted octanol–water partition coefficient (Wildman–Crippen LogP) is 11.4. The van der Waals surface area contributed by atoms with Gasteiger partial charge in [0.15, 0.2) is 6.10 Å². The third kappa shape index (κ3) is 44.7. The molecule has 3 N–H and O–H groups in total. The summed E-state index contributed by atoms with van der Waals surface area (Å²) < 4.78 is 34.1. The molecule has 0 spiro atoms. The average molecular weight is 913 g/mol. The van der Waals surface area contributed by atoms with Crippen molar-refractivity contribution in [3.63, 3.8) is 0 Å². The van der Waals surface area contributed by atoms with Crippen LogP contribution in [-0.2, 0) is 32.7 Å². The molecule has 11 nitrogen and oxygen atoms in total. The van der Waals surface area contributed by atoms with E-state index in [-0.39, 0.29) is 26.1 Å². The van der Waals surface area contributed by atoms with Gasteiger partial charge in [-0.2, -0.15) is 0 Å². The maximum absolute atomic E-state index is 12.7. The van der Waals surface area contributed by atoms with Crippen molar-refractivity contribution >= 4 is 19.8 Å². The fraction of sp³-hybridized carbons (Fsp3) is 0.538. The molecule has 0 bridgehead atoms. The number of likely N-dealkylation sites (N-methyl/N-ethyl adjacent to an activating group) is 1. The third-order valence-corrected chi connectivity index (χ3v) is 9.84. The Morgan fingerprint density at radius 3 is 1.78 bits per heavy atom. The van der Waals surface area contributed by atoms with Gasteiger partial charge in [0.1, 0.15) is 19.8 Å². The highest BCUT2D eigenvalue weighted by Gasteiger charge is 2.27. The molecule has 12 heteroatoms. The average Bonchev–Trinajstić information content (AvgIpc) is 3.24. The molecule has 0 aliphatic heterocycles. The lowest BCUT2D eigenvalue weighted by Crippen LogP contribution is -2.37. The van der Waals surface area contributed by atoms with Gasteiger partial charge in [0.2, 0.25) is 0 Å². The van der Waals surface area contributed by atoms with Crippen LogP contribution in [-0.4, -0.2) is 97.3 Å². The van der Waals surface area contributed by atoms with Crippen molar-refractivity contribution in [1.29, 1.82) is 0 Å². The van der Waals surface area contributed by atoms with Gasteiger partial charge in [-0.15, -0.1) is 0 Å². The summed E-state index contributed by atoms with van der Waals surface area (Å²) in [6.45, 7) is 3.86. The van der Waals surface area contributed by atoms with Gasteiger partial charge in [0.05, 0.1) is 40.0 Å². The summed E-state index contributed by atoms with van der Waals surface area (Å²) in [5.74, 6) is -1.09. The Bertz CT molecular complexity index is 1580. The first-order valence-electron chi connectivity index (χ1n) is 23.1. The number of allylic oxidation sites excluding steroid dienone is 18. The molecule has 0 aliphatic rings. The zero-order valence-corrected chi connectivity index (χ0v) is 40.6. The molecule has 0 rings (SSSR count). The molecule has 1 unspecified atom stereocenters. The topological polar surface area (TPSA) is 149 Å². The molecule has 0 aromatic carbocycles. The summed E-state index contributed by atoms with van der Waals surface area (Å²) in [6, 6.07) is 0. The molecule has 0 aromatic heterocycles. The SMILES string of the molecule is CC/C=C\C[C@@H](O)/C=C/C=C\C/C=C\C=C\[C@@H](O)/C=C\CCCC(=O)OC[C@H](COP(=O)(O)OCC[N+](C)(C)C)OC(=O)CC/C=C\C/C=C\C/C=C\C/C=C\C/C=C\CCCCC. The minimum absolute atomic E-state index is 0.0232. The first kappa shape index (κ1) is 60.1. The Morgan fingerprint density at radius 1 is 0.594 bits per heavy atom. The van der Waals surface area contributed by atoms with E-state index in [4.69, 9.17) is 18.5 Å².